The van der Waals surface area contributed by atoms with Crippen LogP contribution >= 0.6 is 0 Å². The van der Waals surface area contributed by atoms with Gasteiger partial charge in [0.15, 0.2) is 0 Å². The van der Waals surface area contributed by atoms with Crippen LogP contribution in [0.5, 0.6) is 0 Å². The maximum Gasteiger partial charge on any atom is 0.249 e. The Morgan fingerprint density at radius 2 is 2.05 bits per heavy atom. The SMILES string of the molecule is C/C=C/C=C/C(=O)N1[C@@H](Cc2ccccc2)COC1(C)C. The van der Waals surface area contributed by atoms with Gasteiger partial charge in [0.2, 0.25) is 5.91 Å². The van der Waals surface area contributed by atoms with Crippen molar-refractivity contribution in [2.75, 3.05) is 6.61 Å². The van der Waals surface area contributed by atoms with Crippen LogP contribution in [0.15, 0.2) is 54.6 Å². The molecule has 1 aromatic carbocycles. The van der Waals surface area contributed by atoms with Crippen molar-refractivity contribution in [1.82, 2.24) is 4.90 Å². The van der Waals surface area contributed by atoms with Gasteiger partial charge >= 0.3 is 0 Å². The van der Waals surface area contributed by atoms with Crippen LogP contribution in [0.1, 0.15) is 26.3 Å². The van der Waals surface area contributed by atoms with Crippen LogP contribution < -0.4 is 0 Å². The molecular weight excluding hydrogens is 262 g/mol. The molecular formula is C18H23NO2. The summed E-state index contributed by atoms with van der Waals surface area (Å²) < 4.78 is 5.82. The molecule has 3 nitrogen and oxygen atoms in total. The molecule has 0 N–H and O–H groups in total. The molecule has 1 fully saturated rings. The Kier molecular flexibility index (Phi) is 4.97. The summed E-state index contributed by atoms with van der Waals surface area (Å²) in [5.41, 5.74) is 0.663. The van der Waals surface area contributed by atoms with Gasteiger partial charge < -0.3 is 9.64 Å². The van der Waals surface area contributed by atoms with Crippen LogP contribution in [-0.2, 0) is 16.0 Å². The lowest BCUT2D eigenvalue weighted by molar-refractivity contribution is -0.140. The summed E-state index contributed by atoms with van der Waals surface area (Å²) in [6, 6.07) is 10.3. The van der Waals surface area contributed by atoms with E-state index in [-0.39, 0.29) is 11.9 Å². The minimum Gasteiger partial charge on any atom is -0.354 e. The van der Waals surface area contributed by atoms with Gasteiger partial charge in [0.25, 0.3) is 0 Å². The number of ether oxygens (including phenoxy) is 1. The minimum atomic E-state index is -0.559. The second-order valence-electron chi connectivity index (χ2n) is 5.69. The lowest BCUT2D eigenvalue weighted by Crippen LogP contribution is -2.47. The smallest absolute Gasteiger partial charge is 0.249 e. The fourth-order valence-electron chi connectivity index (χ4n) is 2.69. The summed E-state index contributed by atoms with van der Waals surface area (Å²) in [5.74, 6) is -0.00321. The molecule has 1 aliphatic rings. The number of carbonyl (C=O) groups is 1. The zero-order chi connectivity index (χ0) is 15.3. The van der Waals surface area contributed by atoms with Crippen molar-refractivity contribution in [3.63, 3.8) is 0 Å². The van der Waals surface area contributed by atoms with Gasteiger partial charge in [0, 0.05) is 6.08 Å². The van der Waals surface area contributed by atoms with E-state index < -0.39 is 5.72 Å². The minimum absolute atomic E-state index is 0.00321. The summed E-state index contributed by atoms with van der Waals surface area (Å²) in [7, 11) is 0. The number of hydrogen-bond donors (Lipinski definition) is 0. The van der Waals surface area contributed by atoms with Gasteiger partial charge in [-0.15, -0.1) is 0 Å². The molecule has 0 aliphatic carbocycles. The third-order valence-electron chi connectivity index (χ3n) is 3.67. The summed E-state index contributed by atoms with van der Waals surface area (Å²) >= 11 is 0. The number of carbonyl (C=O) groups excluding carboxylic acids is 1. The lowest BCUT2D eigenvalue weighted by atomic mass is 10.0. The van der Waals surface area contributed by atoms with E-state index in [2.05, 4.69) is 12.1 Å². The number of amides is 1. The van der Waals surface area contributed by atoms with E-state index in [1.165, 1.54) is 5.56 Å². The Bertz CT molecular complexity index is 531. The number of nitrogens with zero attached hydrogens (tertiary/aromatic N) is 1. The molecule has 21 heavy (non-hydrogen) atoms. The molecule has 2 rings (SSSR count). The molecule has 1 aromatic rings. The van der Waals surface area contributed by atoms with Gasteiger partial charge in [-0.1, -0.05) is 48.6 Å². The monoisotopic (exact) mass is 285 g/mol. The largest absolute Gasteiger partial charge is 0.354 e. The standard InChI is InChI=1S/C18H23NO2/c1-4-5-7-12-17(20)19-16(14-21-18(19,2)3)13-15-10-8-6-9-11-15/h4-12,16H,13-14H2,1-3H3/b5-4+,12-7+/t16-/m0/s1. The van der Waals surface area contributed by atoms with E-state index in [1.807, 2.05) is 56.0 Å². The van der Waals surface area contributed by atoms with Crippen LogP contribution in [-0.4, -0.2) is 29.2 Å². The van der Waals surface area contributed by atoms with Crippen molar-refractivity contribution in [2.24, 2.45) is 0 Å². The Morgan fingerprint density at radius 1 is 1.33 bits per heavy atom. The number of allylic oxidation sites excluding steroid dienone is 3. The van der Waals surface area contributed by atoms with Crippen LogP contribution in [0.2, 0.25) is 0 Å². The first-order valence-corrected chi connectivity index (χ1v) is 7.35. The van der Waals surface area contributed by atoms with Crippen molar-refractivity contribution in [3.05, 3.63) is 60.2 Å². The van der Waals surface area contributed by atoms with Crippen LogP contribution in [0.3, 0.4) is 0 Å². The maximum absolute atomic E-state index is 12.5. The van der Waals surface area contributed by atoms with Crippen molar-refractivity contribution in [3.8, 4) is 0 Å². The first-order chi connectivity index (χ1) is 10.0. The number of rotatable bonds is 4. The van der Waals surface area contributed by atoms with Gasteiger partial charge in [0.1, 0.15) is 5.72 Å². The van der Waals surface area contributed by atoms with Crippen LogP contribution in [0.25, 0.3) is 0 Å². The highest BCUT2D eigenvalue weighted by atomic mass is 16.5. The molecule has 0 radical (unpaired) electrons. The summed E-state index contributed by atoms with van der Waals surface area (Å²) in [5, 5.41) is 0. The van der Waals surface area contributed by atoms with E-state index in [0.717, 1.165) is 6.42 Å². The summed E-state index contributed by atoms with van der Waals surface area (Å²) in [6.45, 7) is 6.39. The zero-order valence-electron chi connectivity index (χ0n) is 13.0. The highest BCUT2D eigenvalue weighted by Crippen LogP contribution is 2.29. The Hall–Kier alpha value is -1.87. The van der Waals surface area contributed by atoms with Crippen molar-refractivity contribution in [1.29, 1.82) is 0 Å². The Labute approximate surface area is 126 Å². The second kappa shape index (κ2) is 6.72. The third kappa shape index (κ3) is 3.82. The molecule has 112 valence electrons. The van der Waals surface area contributed by atoms with Gasteiger partial charge in [-0.05, 0) is 32.8 Å². The summed E-state index contributed by atoms with van der Waals surface area (Å²) in [6.07, 6.45) is 7.95. The average Bonchev–Trinajstić information content (AvgIpc) is 2.75. The van der Waals surface area contributed by atoms with E-state index >= 15 is 0 Å². The Morgan fingerprint density at radius 3 is 2.71 bits per heavy atom. The molecule has 1 atom stereocenters. The molecule has 1 amide bonds. The molecule has 0 aromatic heterocycles. The van der Waals surface area contributed by atoms with Crippen molar-refractivity contribution in [2.45, 2.75) is 39.0 Å². The predicted octanol–water partition coefficient (Wildman–Crippen LogP) is 3.32. The fraction of sp³-hybridized carbons (Fsp3) is 0.389. The van der Waals surface area contributed by atoms with E-state index in [1.54, 1.807) is 12.2 Å². The number of hydrogen-bond acceptors (Lipinski definition) is 2. The third-order valence-corrected chi connectivity index (χ3v) is 3.67. The Balaban J connectivity index is 2.15. The first kappa shape index (κ1) is 15.5. The van der Waals surface area contributed by atoms with Gasteiger partial charge in [-0.3, -0.25) is 4.79 Å². The van der Waals surface area contributed by atoms with E-state index in [0.29, 0.717) is 6.61 Å². The maximum atomic E-state index is 12.5. The molecule has 1 saturated heterocycles. The molecule has 3 heteroatoms. The van der Waals surface area contributed by atoms with Gasteiger partial charge in [-0.2, -0.15) is 0 Å². The second-order valence-corrected chi connectivity index (χ2v) is 5.69. The molecule has 1 aliphatic heterocycles. The quantitative estimate of drug-likeness (QED) is 0.627. The van der Waals surface area contributed by atoms with E-state index in [4.69, 9.17) is 4.74 Å². The van der Waals surface area contributed by atoms with Crippen LogP contribution in [0, 0.1) is 0 Å². The van der Waals surface area contributed by atoms with Crippen molar-refractivity contribution >= 4 is 5.91 Å². The molecule has 0 unspecified atom stereocenters. The fourth-order valence-corrected chi connectivity index (χ4v) is 2.69. The van der Waals surface area contributed by atoms with E-state index in [9.17, 15) is 4.79 Å². The highest BCUT2D eigenvalue weighted by Gasteiger charge is 2.42. The molecule has 0 saturated carbocycles. The molecule has 1 heterocycles. The van der Waals surface area contributed by atoms with Gasteiger partial charge in [0.05, 0.1) is 12.6 Å². The zero-order valence-corrected chi connectivity index (χ0v) is 13.0. The normalized spacial score (nSPS) is 21.5. The lowest BCUT2D eigenvalue weighted by Gasteiger charge is -2.33. The average molecular weight is 285 g/mol. The van der Waals surface area contributed by atoms with Crippen LogP contribution in [0.4, 0.5) is 0 Å². The molecule has 0 spiro atoms. The summed E-state index contributed by atoms with van der Waals surface area (Å²) in [4.78, 5) is 14.3. The van der Waals surface area contributed by atoms with Gasteiger partial charge in [-0.25, -0.2) is 0 Å². The predicted molar refractivity (Wildman–Crippen MR) is 84.8 cm³/mol. The first-order valence-electron chi connectivity index (χ1n) is 7.35. The molecule has 0 bridgehead atoms. The van der Waals surface area contributed by atoms with Crippen molar-refractivity contribution < 1.29 is 9.53 Å². The highest BCUT2D eigenvalue weighted by molar-refractivity contribution is 5.88. The number of benzene rings is 1. The topological polar surface area (TPSA) is 29.5 Å².